The third-order valence-corrected chi connectivity index (χ3v) is 10.5. The summed E-state index contributed by atoms with van der Waals surface area (Å²) in [5.74, 6) is -0.334. The van der Waals surface area contributed by atoms with Crippen LogP contribution in [0.1, 0.15) is 168 Å². The Kier molecular flexibility index (Phi) is 40.0. The van der Waals surface area contributed by atoms with Gasteiger partial charge in [0.05, 0.1) is 19.8 Å². The zero-order chi connectivity index (χ0) is 45.0. The highest BCUT2D eigenvalue weighted by atomic mass is 16.7. The maximum Gasteiger partial charge on any atom is 0.306 e. The summed E-state index contributed by atoms with van der Waals surface area (Å²) >= 11 is 0. The number of rotatable bonds is 40. The summed E-state index contributed by atoms with van der Waals surface area (Å²) in [6.07, 6.45) is 52.9. The van der Waals surface area contributed by atoms with Crippen LogP contribution >= 0.6 is 0 Å². The summed E-state index contributed by atoms with van der Waals surface area (Å²) in [5.41, 5.74) is 0. The van der Waals surface area contributed by atoms with Gasteiger partial charge in [0.15, 0.2) is 6.29 Å². The van der Waals surface area contributed by atoms with Crippen molar-refractivity contribution in [1.29, 1.82) is 0 Å². The van der Waals surface area contributed by atoms with Crippen LogP contribution in [0.3, 0.4) is 0 Å². The van der Waals surface area contributed by atoms with Gasteiger partial charge in [-0.15, -0.1) is 0 Å². The number of hydrogen-bond acceptors (Lipinski definition) is 9. The number of ether oxygens (including phenoxy) is 4. The molecule has 1 heterocycles. The number of aliphatic hydroxyl groups is 4. The van der Waals surface area contributed by atoms with Crippen LogP contribution in [-0.2, 0) is 23.7 Å². The Bertz CT molecular complexity index is 1260. The zero-order valence-electron chi connectivity index (χ0n) is 38.8. The number of esters is 1. The molecule has 0 radical (unpaired) electrons. The molecule has 1 aliphatic heterocycles. The van der Waals surface area contributed by atoms with Crippen LogP contribution in [-0.4, -0.2) is 89.6 Å². The monoisotopic (exact) mass is 869 g/mol. The van der Waals surface area contributed by atoms with Gasteiger partial charge in [-0.25, -0.2) is 0 Å². The highest BCUT2D eigenvalue weighted by Gasteiger charge is 2.44. The van der Waals surface area contributed by atoms with Gasteiger partial charge >= 0.3 is 5.97 Å². The molecule has 1 saturated heterocycles. The lowest BCUT2D eigenvalue weighted by atomic mass is 9.99. The summed E-state index contributed by atoms with van der Waals surface area (Å²) in [6, 6.07) is 0. The van der Waals surface area contributed by atoms with Crippen LogP contribution < -0.4 is 0 Å². The number of aliphatic hydroxyl groups excluding tert-OH is 4. The van der Waals surface area contributed by atoms with Gasteiger partial charge in [0.25, 0.3) is 0 Å². The SMILES string of the molecule is CC/C=C\C/C=C\C/C=C\C/C=C\C/C=C\CCCCCCCCCC(=O)OC(COCCCCCCCC/C=C\C/C=C\C/C=C\CC)COC1OC(CO)C(O)C(O)C1O. The van der Waals surface area contributed by atoms with Gasteiger partial charge in [-0.1, -0.05) is 169 Å². The second kappa shape index (κ2) is 43.4. The van der Waals surface area contributed by atoms with Gasteiger partial charge < -0.3 is 39.4 Å². The molecule has 6 unspecified atom stereocenters. The fraction of sp³-hybridized carbons (Fsp3) is 0.679. The van der Waals surface area contributed by atoms with E-state index in [1.54, 1.807) is 0 Å². The Labute approximate surface area is 377 Å². The van der Waals surface area contributed by atoms with Crippen molar-refractivity contribution >= 4 is 5.97 Å². The molecule has 0 aromatic rings. The third kappa shape index (κ3) is 33.6. The minimum atomic E-state index is -1.55. The van der Waals surface area contributed by atoms with Crippen LogP contribution in [0.2, 0.25) is 0 Å². The molecule has 62 heavy (non-hydrogen) atoms. The molecule has 354 valence electrons. The normalized spacial score (nSPS) is 20.6. The standard InChI is InChI=1S/C53H88O9/c1-3-5-7-9-11-13-15-17-19-21-22-23-24-25-26-27-28-30-32-34-36-38-40-42-49(55)61-47(46-60-53-52(58)51(57)50(56)48(44-54)62-53)45-59-43-41-39-37-35-33-31-29-20-18-16-14-12-10-8-6-4-2/h5-8,11-14,17-20,22-23,25-26,47-48,50-54,56-58H,3-4,9-10,15-16,21,24,27-46H2,1-2H3/b7-5-,8-6-,13-11-,14-12-,19-17-,20-18-,23-22-,26-25-. The van der Waals surface area contributed by atoms with Crippen LogP contribution in [0.25, 0.3) is 0 Å². The maximum atomic E-state index is 12.8. The van der Waals surface area contributed by atoms with E-state index in [1.807, 2.05) is 0 Å². The van der Waals surface area contributed by atoms with E-state index in [9.17, 15) is 25.2 Å². The van der Waals surface area contributed by atoms with Gasteiger partial charge in [-0.2, -0.15) is 0 Å². The molecule has 4 N–H and O–H groups in total. The fourth-order valence-electron chi connectivity index (χ4n) is 6.77. The van der Waals surface area contributed by atoms with Crippen molar-refractivity contribution in [2.45, 2.75) is 205 Å². The van der Waals surface area contributed by atoms with Crippen molar-refractivity contribution in [3.8, 4) is 0 Å². The molecular formula is C53H88O9. The average Bonchev–Trinajstić information content (AvgIpc) is 3.27. The lowest BCUT2D eigenvalue weighted by molar-refractivity contribution is -0.305. The van der Waals surface area contributed by atoms with Gasteiger partial charge in [0.2, 0.25) is 0 Å². The summed E-state index contributed by atoms with van der Waals surface area (Å²) in [7, 11) is 0. The van der Waals surface area contributed by atoms with E-state index < -0.39 is 43.4 Å². The Morgan fingerprint density at radius 3 is 1.40 bits per heavy atom. The predicted molar refractivity (Wildman–Crippen MR) is 256 cm³/mol. The van der Waals surface area contributed by atoms with E-state index >= 15 is 0 Å². The zero-order valence-corrected chi connectivity index (χ0v) is 38.8. The first-order valence-electron chi connectivity index (χ1n) is 24.3. The summed E-state index contributed by atoms with van der Waals surface area (Å²) in [5, 5.41) is 40.2. The largest absolute Gasteiger partial charge is 0.457 e. The van der Waals surface area contributed by atoms with Gasteiger partial charge in [-0.05, 0) is 89.9 Å². The summed E-state index contributed by atoms with van der Waals surface area (Å²) in [4.78, 5) is 12.8. The van der Waals surface area contributed by atoms with Gasteiger partial charge in [0.1, 0.15) is 30.5 Å². The second-order valence-corrected chi connectivity index (χ2v) is 16.1. The Balaban J connectivity index is 2.25. The number of allylic oxidation sites excluding steroid dienone is 16. The van der Waals surface area contributed by atoms with Crippen molar-refractivity contribution < 1.29 is 44.2 Å². The molecule has 0 amide bonds. The first kappa shape index (κ1) is 57.1. The second-order valence-electron chi connectivity index (χ2n) is 16.1. The minimum Gasteiger partial charge on any atom is -0.457 e. The molecule has 0 aromatic heterocycles. The van der Waals surface area contributed by atoms with Crippen molar-refractivity contribution in [2.24, 2.45) is 0 Å². The molecule has 1 fully saturated rings. The molecule has 1 aliphatic rings. The highest BCUT2D eigenvalue weighted by molar-refractivity contribution is 5.69. The quantitative estimate of drug-likeness (QED) is 0.0270. The smallest absolute Gasteiger partial charge is 0.306 e. The Morgan fingerprint density at radius 1 is 0.516 bits per heavy atom. The minimum absolute atomic E-state index is 0.125. The summed E-state index contributed by atoms with van der Waals surface area (Å²) in [6.45, 7) is 4.27. The number of unbranched alkanes of at least 4 members (excludes halogenated alkanes) is 13. The molecular weight excluding hydrogens is 781 g/mol. The van der Waals surface area contributed by atoms with Crippen molar-refractivity contribution in [3.63, 3.8) is 0 Å². The molecule has 9 nitrogen and oxygen atoms in total. The highest BCUT2D eigenvalue weighted by Crippen LogP contribution is 2.22. The van der Waals surface area contributed by atoms with E-state index in [0.717, 1.165) is 109 Å². The predicted octanol–water partition coefficient (Wildman–Crippen LogP) is 11.6. The first-order chi connectivity index (χ1) is 30.4. The topological polar surface area (TPSA) is 135 Å². The molecule has 0 saturated carbocycles. The molecule has 9 heteroatoms. The Hall–Kier alpha value is -2.89. The third-order valence-electron chi connectivity index (χ3n) is 10.5. The van der Waals surface area contributed by atoms with Crippen molar-refractivity contribution in [1.82, 2.24) is 0 Å². The van der Waals surface area contributed by atoms with Crippen molar-refractivity contribution in [2.75, 3.05) is 26.4 Å². The molecule has 0 bridgehead atoms. The maximum absolute atomic E-state index is 12.8. The van der Waals surface area contributed by atoms with Crippen molar-refractivity contribution in [3.05, 3.63) is 97.2 Å². The van der Waals surface area contributed by atoms with Gasteiger partial charge in [0, 0.05) is 13.0 Å². The van der Waals surface area contributed by atoms with E-state index in [4.69, 9.17) is 18.9 Å². The molecule has 0 aromatic carbocycles. The molecule has 6 atom stereocenters. The number of carbonyl (C=O) groups excluding carboxylic acids is 1. The number of carbonyl (C=O) groups is 1. The van der Waals surface area contributed by atoms with Crippen LogP contribution in [0.4, 0.5) is 0 Å². The van der Waals surface area contributed by atoms with Crippen LogP contribution in [0, 0.1) is 0 Å². The first-order valence-corrected chi connectivity index (χ1v) is 24.3. The lowest BCUT2D eigenvalue weighted by Crippen LogP contribution is -2.59. The van der Waals surface area contributed by atoms with Gasteiger partial charge in [-0.3, -0.25) is 4.79 Å². The van der Waals surface area contributed by atoms with Crippen LogP contribution in [0.5, 0.6) is 0 Å². The molecule has 0 aliphatic carbocycles. The fourth-order valence-corrected chi connectivity index (χ4v) is 6.77. The van der Waals surface area contributed by atoms with Crippen LogP contribution in [0.15, 0.2) is 97.2 Å². The Morgan fingerprint density at radius 2 is 0.935 bits per heavy atom. The number of hydrogen-bond donors (Lipinski definition) is 4. The van der Waals surface area contributed by atoms with E-state index in [-0.39, 0.29) is 19.2 Å². The van der Waals surface area contributed by atoms with E-state index in [2.05, 4.69) is 111 Å². The molecule has 0 spiro atoms. The van der Waals surface area contributed by atoms with E-state index in [1.165, 1.54) is 38.5 Å². The van der Waals surface area contributed by atoms with E-state index in [0.29, 0.717) is 13.0 Å². The summed E-state index contributed by atoms with van der Waals surface area (Å²) < 4.78 is 22.8. The molecule has 1 rings (SSSR count). The average molecular weight is 869 g/mol. The lowest BCUT2D eigenvalue weighted by Gasteiger charge is -2.39.